The molecule has 1 N–H and O–H groups in total. The average Bonchev–Trinajstić information content (AvgIpc) is 3.28. The molecule has 0 saturated carbocycles. The Bertz CT molecular complexity index is 1110. The molecule has 4 aromatic rings. The molecule has 0 aliphatic heterocycles. The van der Waals surface area contributed by atoms with Crippen LogP contribution in [0.3, 0.4) is 0 Å². The van der Waals surface area contributed by atoms with E-state index in [1.165, 1.54) is 0 Å². The van der Waals surface area contributed by atoms with E-state index >= 15 is 0 Å². The largest absolute Gasteiger partial charge is 0.489 e. The molecule has 6 nitrogen and oxygen atoms in total. The zero-order valence-electron chi connectivity index (χ0n) is 16.8. The molecule has 1 aromatic heterocycles. The molecule has 158 valence electrons. The van der Waals surface area contributed by atoms with Crippen LogP contribution in [0.5, 0.6) is 5.75 Å². The number of aromatic nitrogens is 4. The summed E-state index contributed by atoms with van der Waals surface area (Å²) >= 11 is 7.82. The summed E-state index contributed by atoms with van der Waals surface area (Å²) < 4.78 is 7.66. The quantitative estimate of drug-likeness (QED) is 0.276. The smallest absolute Gasteiger partial charge is 0.214 e. The number of hydrogen-bond acceptors (Lipinski definition) is 6. The van der Waals surface area contributed by atoms with Gasteiger partial charge in [-0.1, -0.05) is 71.9 Å². The Labute approximate surface area is 190 Å². The fraction of sp³-hybridized carbons (Fsp3) is 0.174. The highest BCUT2D eigenvalue weighted by Gasteiger charge is 2.08. The molecule has 0 saturated heterocycles. The lowest BCUT2D eigenvalue weighted by Gasteiger charge is -2.10. The van der Waals surface area contributed by atoms with Crippen LogP contribution in [0.2, 0.25) is 5.02 Å². The van der Waals surface area contributed by atoms with Crippen LogP contribution in [0.4, 0.5) is 0 Å². The van der Waals surface area contributed by atoms with Gasteiger partial charge in [-0.05, 0) is 46.3 Å². The Kier molecular flexibility index (Phi) is 7.55. The Hall–Kier alpha value is -2.87. The van der Waals surface area contributed by atoms with Gasteiger partial charge in [-0.25, -0.2) is 0 Å². The molecule has 0 amide bonds. The van der Waals surface area contributed by atoms with Crippen LogP contribution in [0.15, 0.2) is 84.0 Å². The topological polar surface area (TPSA) is 64.9 Å². The number of nitrogens with zero attached hydrogens (tertiary/aromatic N) is 4. The van der Waals surface area contributed by atoms with Crippen molar-refractivity contribution >= 4 is 23.4 Å². The molecule has 0 spiro atoms. The first-order valence-electron chi connectivity index (χ1n) is 9.92. The lowest BCUT2D eigenvalue weighted by atomic mass is 10.2. The van der Waals surface area contributed by atoms with Crippen LogP contribution >= 0.6 is 23.4 Å². The summed E-state index contributed by atoms with van der Waals surface area (Å²) in [5.74, 6) is 1.69. The molecule has 4 rings (SSSR count). The molecule has 31 heavy (non-hydrogen) atoms. The van der Waals surface area contributed by atoms with Gasteiger partial charge in [0.15, 0.2) is 0 Å². The van der Waals surface area contributed by atoms with Crippen molar-refractivity contribution in [2.45, 2.75) is 18.3 Å². The molecule has 1 heterocycles. The Balaban J connectivity index is 1.22. The fourth-order valence-corrected chi connectivity index (χ4v) is 3.95. The van der Waals surface area contributed by atoms with Gasteiger partial charge in [0.05, 0.1) is 5.69 Å². The van der Waals surface area contributed by atoms with Crippen molar-refractivity contribution in [3.8, 4) is 11.4 Å². The van der Waals surface area contributed by atoms with Crippen LogP contribution in [0.1, 0.15) is 11.1 Å². The number of thioether (sulfide) groups is 1. The van der Waals surface area contributed by atoms with Crippen LogP contribution in [-0.2, 0) is 13.2 Å². The lowest BCUT2D eigenvalue weighted by Crippen LogP contribution is -2.16. The van der Waals surface area contributed by atoms with Crippen molar-refractivity contribution < 1.29 is 4.74 Å². The van der Waals surface area contributed by atoms with E-state index in [4.69, 9.17) is 16.3 Å². The minimum atomic E-state index is 0.448. The second-order valence-corrected chi connectivity index (χ2v) is 8.23. The van der Waals surface area contributed by atoms with Crippen LogP contribution in [0, 0.1) is 0 Å². The van der Waals surface area contributed by atoms with Crippen molar-refractivity contribution in [2.75, 3.05) is 12.3 Å². The van der Waals surface area contributed by atoms with Gasteiger partial charge in [-0.2, -0.15) is 4.68 Å². The van der Waals surface area contributed by atoms with Crippen molar-refractivity contribution in [3.05, 3.63) is 95.0 Å². The number of hydrogen-bond donors (Lipinski definition) is 1. The van der Waals surface area contributed by atoms with Crippen LogP contribution in [0.25, 0.3) is 5.69 Å². The van der Waals surface area contributed by atoms with Crippen molar-refractivity contribution in [3.63, 3.8) is 0 Å². The van der Waals surface area contributed by atoms with Crippen LogP contribution in [-0.4, -0.2) is 32.5 Å². The second-order valence-electron chi connectivity index (χ2n) is 6.76. The Morgan fingerprint density at radius 3 is 2.68 bits per heavy atom. The summed E-state index contributed by atoms with van der Waals surface area (Å²) in [7, 11) is 0. The zero-order chi connectivity index (χ0) is 21.3. The highest BCUT2D eigenvalue weighted by atomic mass is 35.5. The molecular weight excluding hydrogens is 430 g/mol. The molecule has 0 aliphatic rings. The molecule has 0 bridgehead atoms. The molecule has 0 fully saturated rings. The van der Waals surface area contributed by atoms with Gasteiger partial charge < -0.3 is 10.1 Å². The van der Waals surface area contributed by atoms with E-state index in [-0.39, 0.29) is 0 Å². The number of nitrogens with one attached hydrogen (secondary N) is 1. The van der Waals surface area contributed by atoms with Gasteiger partial charge in [-0.15, -0.1) is 5.10 Å². The Morgan fingerprint density at radius 1 is 0.968 bits per heavy atom. The second kappa shape index (κ2) is 10.9. The number of benzene rings is 3. The maximum Gasteiger partial charge on any atom is 0.214 e. The first-order valence-corrected chi connectivity index (χ1v) is 11.3. The number of ether oxygens (including phenoxy) is 1. The number of halogens is 1. The van der Waals surface area contributed by atoms with E-state index in [2.05, 4.69) is 26.9 Å². The number of tetrazole rings is 1. The van der Waals surface area contributed by atoms with Gasteiger partial charge in [-0.3, -0.25) is 0 Å². The van der Waals surface area contributed by atoms with E-state index in [9.17, 15) is 0 Å². The first kappa shape index (κ1) is 21.4. The third-order valence-electron chi connectivity index (χ3n) is 4.53. The monoisotopic (exact) mass is 451 g/mol. The highest BCUT2D eigenvalue weighted by Crippen LogP contribution is 2.20. The zero-order valence-corrected chi connectivity index (χ0v) is 18.4. The summed E-state index contributed by atoms with van der Waals surface area (Å²) in [6.45, 7) is 2.04. The van der Waals surface area contributed by atoms with Crippen molar-refractivity contribution in [1.82, 2.24) is 25.5 Å². The van der Waals surface area contributed by atoms with Gasteiger partial charge >= 0.3 is 0 Å². The molecule has 0 unspecified atom stereocenters. The first-order chi connectivity index (χ1) is 15.3. The Morgan fingerprint density at radius 2 is 1.81 bits per heavy atom. The average molecular weight is 452 g/mol. The molecule has 3 aromatic carbocycles. The molecule has 0 aliphatic carbocycles. The third kappa shape index (κ3) is 6.07. The minimum absolute atomic E-state index is 0.448. The third-order valence-corrected chi connectivity index (χ3v) is 5.82. The SMILES string of the molecule is Clc1ccccc1COc1cccc(CNCCSc2nnnn2-c2ccccc2)c1. The van der Waals surface area contributed by atoms with Crippen LogP contribution < -0.4 is 10.1 Å². The maximum atomic E-state index is 6.20. The predicted octanol–water partition coefficient (Wildman–Crippen LogP) is 4.78. The number of rotatable bonds is 10. The summed E-state index contributed by atoms with van der Waals surface area (Å²) in [6, 6.07) is 25.7. The minimum Gasteiger partial charge on any atom is -0.489 e. The van der Waals surface area contributed by atoms with Gasteiger partial charge in [0.1, 0.15) is 12.4 Å². The van der Waals surface area contributed by atoms with Crippen molar-refractivity contribution in [2.24, 2.45) is 0 Å². The summed E-state index contributed by atoms with van der Waals surface area (Å²) in [5.41, 5.74) is 3.09. The fourth-order valence-electron chi connectivity index (χ4n) is 2.97. The van der Waals surface area contributed by atoms with E-state index in [0.29, 0.717) is 6.61 Å². The lowest BCUT2D eigenvalue weighted by molar-refractivity contribution is 0.306. The van der Waals surface area contributed by atoms with Gasteiger partial charge in [0, 0.05) is 29.4 Å². The van der Waals surface area contributed by atoms with E-state index in [1.807, 2.05) is 72.8 Å². The summed E-state index contributed by atoms with van der Waals surface area (Å²) in [4.78, 5) is 0. The predicted molar refractivity (Wildman–Crippen MR) is 124 cm³/mol. The molecule has 8 heteroatoms. The molecule has 0 atom stereocenters. The maximum absolute atomic E-state index is 6.20. The standard InChI is InChI=1S/C23H22ClN5OS/c24-22-12-5-4-8-19(22)17-30-21-11-6-7-18(15-21)16-25-13-14-31-23-26-27-28-29(23)20-9-2-1-3-10-20/h1-12,15,25H,13-14,16-17H2. The van der Waals surface area contributed by atoms with E-state index < -0.39 is 0 Å². The summed E-state index contributed by atoms with van der Waals surface area (Å²) in [6.07, 6.45) is 0. The normalized spacial score (nSPS) is 10.9. The van der Waals surface area contributed by atoms with E-state index in [0.717, 1.165) is 51.6 Å². The van der Waals surface area contributed by atoms with E-state index in [1.54, 1.807) is 16.4 Å². The van der Waals surface area contributed by atoms with Gasteiger partial charge in [0.2, 0.25) is 5.16 Å². The summed E-state index contributed by atoms with van der Waals surface area (Å²) in [5, 5.41) is 17.0. The van der Waals surface area contributed by atoms with Gasteiger partial charge in [0.25, 0.3) is 0 Å². The molecular formula is C23H22ClN5OS. The van der Waals surface area contributed by atoms with Crippen molar-refractivity contribution in [1.29, 1.82) is 0 Å². The molecule has 0 radical (unpaired) electrons. The highest BCUT2D eigenvalue weighted by molar-refractivity contribution is 7.99. The number of para-hydroxylation sites is 1.